The van der Waals surface area contributed by atoms with Gasteiger partial charge in [-0.15, -0.1) is 0 Å². The second-order valence-corrected chi connectivity index (χ2v) is 7.88. The van der Waals surface area contributed by atoms with Crippen molar-refractivity contribution in [3.8, 4) is 0 Å². The third kappa shape index (κ3) is 3.22. The highest BCUT2D eigenvalue weighted by Crippen LogP contribution is 2.38. The Bertz CT molecular complexity index is 554. The van der Waals surface area contributed by atoms with Gasteiger partial charge in [0.05, 0.1) is 4.90 Å². The molecule has 3 atom stereocenters. The Kier molecular flexibility index (Phi) is 4.52. The first kappa shape index (κ1) is 15.5. The van der Waals surface area contributed by atoms with Gasteiger partial charge in [-0.3, -0.25) is 0 Å². The largest absolute Gasteiger partial charge is 0.313 e. The molecule has 1 aromatic rings. The van der Waals surface area contributed by atoms with E-state index in [1.807, 2.05) is 26.1 Å². The zero-order chi connectivity index (χ0) is 14.9. The van der Waals surface area contributed by atoms with E-state index in [0.717, 1.165) is 12.0 Å². The standard InChI is InChI=1S/C15H24N2O2S/c1-11-9-14(11)10-17(4)20(18,19)15-7-5-13(6-8-15)12(2)16-3/h5-8,11-12,14,16H,9-10H2,1-4H3. The monoisotopic (exact) mass is 296 g/mol. The number of nitrogens with zero attached hydrogens (tertiary/aromatic N) is 1. The molecule has 0 aromatic heterocycles. The minimum absolute atomic E-state index is 0.219. The van der Waals surface area contributed by atoms with Crippen LogP contribution in [0.1, 0.15) is 31.9 Å². The fourth-order valence-corrected chi connectivity index (χ4v) is 3.58. The lowest BCUT2D eigenvalue weighted by Crippen LogP contribution is -2.29. The second kappa shape index (κ2) is 5.84. The lowest BCUT2D eigenvalue weighted by atomic mass is 10.1. The predicted molar refractivity (Wildman–Crippen MR) is 81.0 cm³/mol. The number of hydrogen-bond acceptors (Lipinski definition) is 3. The van der Waals surface area contributed by atoms with Crippen LogP contribution in [0.5, 0.6) is 0 Å². The summed E-state index contributed by atoms with van der Waals surface area (Å²) in [5, 5.41) is 3.14. The molecule has 1 aliphatic carbocycles. The average molecular weight is 296 g/mol. The fourth-order valence-electron chi connectivity index (χ4n) is 2.36. The fraction of sp³-hybridized carbons (Fsp3) is 0.600. The average Bonchev–Trinajstić information content (AvgIpc) is 3.13. The van der Waals surface area contributed by atoms with Crippen molar-refractivity contribution in [2.45, 2.75) is 31.2 Å². The van der Waals surface area contributed by atoms with Gasteiger partial charge in [0.15, 0.2) is 0 Å². The maximum atomic E-state index is 12.5. The summed E-state index contributed by atoms with van der Waals surface area (Å²) in [6, 6.07) is 7.37. The molecule has 3 unspecified atom stereocenters. The molecule has 0 radical (unpaired) electrons. The van der Waals surface area contributed by atoms with Gasteiger partial charge in [-0.2, -0.15) is 0 Å². The summed E-state index contributed by atoms with van der Waals surface area (Å²) in [5.41, 5.74) is 1.09. The molecule has 1 fully saturated rings. The number of rotatable bonds is 6. The topological polar surface area (TPSA) is 49.4 Å². The number of benzene rings is 1. The molecule has 5 heteroatoms. The lowest BCUT2D eigenvalue weighted by molar-refractivity contribution is 0.444. The molecule has 1 saturated carbocycles. The van der Waals surface area contributed by atoms with Crippen LogP contribution < -0.4 is 5.32 Å². The summed E-state index contributed by atoms with van der Waals surface area (Å²) in [6.45, 7) is 4.83. The number of hydrogen-bond donors (Lipinski definition) is 1. The molecule has 1 aromatic carbocycles. The van der Waals surface area contributed by atoms with Gasteiger partial charge in [0, 0.05) is 19.6 Å². The van der Waals surface area contributed by atoms with Crippen molar-refractivity contribution in [2.24, 2.45) is 11.8 Å². The Morgan fingerprint density at radius 2 is 1.90 bits per heavy atom. The van der Waals surface area contributed by atoms with Crippen LogP contribution in [0.3, 0.4) is 0 Å². The quantitative estimate of drug-likeness (QED) is 0.876. The maximum Gasteiger partial charge on any atom is 0.242 e. The molecule has 20 heavy (non-hydrogen) atoms. The molecule has 112 valence electrons. The van der Waals surface area contributed by atoms with Crippen LogP contribution in [-0.4, -0.2) is 33.4 Å². The van der Waals surface area contributed by atoms with Crippen LogP contribution in [-0.2, 0) is 10.0 Å². The zero-order valence-corrected chi connectivity index (χ0v) is 13.4. The molecular formula is C15H24N2O2S. The van der Waals surface area contributed by atoms with E-state index in [2.05, 4.69) is 12.2 Å². The zero-order valence-electron chi connectivity index (χ0n) is 12.6. The predicted octanol–water partition coefficient (Wildman–Crippen LogP) is 2.24. The van der Waals surface area contributed by atoms with Crippen molar-refractivity contribution in [3.05, 3.63) is 29.8 Å². The number of nitrogens with one attached hydrogen (secondary N) is 1. The Morgan fingerprint density at radius 1 is 1.35 bits per heavy atom. The first-order valence-corrected chi connectivity index (χ1v) is 8.54. The van der Waals surface area contributed by atoms with Gasteiger partial charge in [0.2, 0.25) is 10.0 Å². The van der Waals surface area contributed by atoms with Crippen molar-refractivity contribution < 1.29 is 8.42 Å². The summed E-state index contributed by atoms with van der Waals surface area (Å²) in [4.78, 5) is 0.375. The summed E-state index contributed by atoms with van der Waals surface area (Å²) in [5.74, 6) is 1.19. The first-order valence-electron chi connectivity index (χ1n) is 7.09. The summed E-state index contributed by atoms with van der Waals surface area (Å²) >= 11 is 0. The minimum Gasteiger partial charge on any atom is -0.313 e. The highest BCUT2D eigenvalue weighted by atomic mass is 32.2. The Balaban J connectivity index is 2.12. The van der Waals surface area contributed by atoms with Crippen LogP contribution in [0.2, 0.25) is 0 Å². The normalized spacial score (nSPS) is 23.9. The molecule has 0 heterocycles. The maximum absolute atomic E-state index is 12.5. The smallest absolute Gasteiger partial charge is 0.242 e. The molecule has 0 spiro atoms. The van der Waals surface area contributed by atoms with E-state index < -0.39 is 10.0 Å². The van der Waals surface area contributed by atoms with E-state index in [1.54, 1.807) is 19.2 Å². The Morgan fingerprint density at radius 3 is 2.35 bits per heavy atom. The molecule has 1 aliphatic rings. The van der Waals surface area contributed by atoms with Crippen LogP contribution in [0, 0.1) is 11.8 Å². The van der Waals surface area contributed by atoms with Gasteiger partial charge in [-0.05, 0) is 49.9 Å². The van der Waals surface area contributed by atoms with Crippen LogP contribution in [0.15, 0.2) is 29.2 Å². The highest BCUT2D eigenvalue weighted by molar-refractivity contribution is 7.89. The summed E-state index contributed by atoms with van der Waals surface area (Å²) < 4.78 is 26.4. The van der Waals surface area contributed by atoms with E-state index in [4.69, 9.17) is 0 Å². The molecule has 4 nitrogen and oxygen atoms in total. The van der Waals surface area contributed by atoms with Gasteiger partial charge < -0.3 is 5.32 Å². The van der Waals surface area contributed by atoms with E-state index in [0.29, 0.717) is 23.3 Å². The van der Waals surface area contributed by atoms with E-state index in [9.17, 15) is 8.42 Å². The van der Waals surface area contributed by atoms with Crippen LogP contribution in [0.4, 0.5) is 0 Å². The van der Waals surface area contributed by atoms with Crippen molar-refractivity contribution in [1.82, 2.24) is 9.62 Å². The van der Waals surface area contributed by atoms with Gasteiger partial charge >= 0.3 is 0 Å². The van der Waals surface area contributed by atoms with Gasteiger partial charge in [-0.25, -0.2) is 12.7 Å². The first-order chi connectivity index (χ1) is 9.36. The molecule has 0 bridgehead atoms. The van der Waals surface area contributed by atoms with Crippen molar-refractivity contribution >= 4 is 10.0 Å². The van der Waals surface area contributed by atoms with E-state index >= 15 is 0 Å². The van der Waals surface area contributed by atoms with Crippen LogP contribution >= 0.6 is 0 Å². The van der Waals surface area contributed by atoms with Crippen molar-refractivity contribution in [3.63, 3.8) is 0 Å². The van der Waals surface area contributed by atoms with Crippen LogP contribution in [0.25, 0.3) is 0 Å². The van der Waals surface area contributed by atoms with E-state index in [-0.39, 0.29) is 6.04 Å². The third-order valence-electron chi connectivity index (χ3n) is 4.29. The minimum atomic E-state index is -3.35. The SMILES string of the molecule is CNC(C)c1ccc(S(=O)(=O)N(C)CC2CC2C)cc1. The molecule has 0 saturated heterocycles. The number of sulfonamides is 1. The van der Waals surface area contributed by atoms with Gasteiger partial charge in [-0.1, -0.05) is 19.1 Å². The summed E-state index contributed by atoms with van der Waals surface area (Å²) in [7, 11) is 0.206. The third-order valence-corrected chi connectivity index (χ3v) is 6.13. The van der Waals surface area contributed by atoms with E-state index in [1.165, 1.54) is 4.31 Å². The lowest BCUT2D eigenvalue weighted by Gasteiger charge is -2.18. The highest BCUT2D eigenvalue weighted by Gasteiger charge is 2.36. The second-order valence-electron chi connectivity index (χ2n) is 5.84. The molecular weight excluding hydrogens is 272 g/mol. The van der Waals surface area contributed by atoms with Crippen molar-refractivity contribution in [2.75, 3.05) is 20.6 Å². The van der Waals surface area contributed by atoms with Crippen molar-refractivity contribution in [1.29, 1.82) is 0 Å². The Hall–Kier alpha value is -0.910. The molecule has 0 aliphatic heterocycles. The van der Waals surface area contributed by atoms with Gasteiger partial charge in [0.1, 0.15) is 0 Å². The summed E-state index contributed by atoms with van der Waals surface area (Å²) in [6.07, 6.45) is 1.14. The Labute approximate surface area is 122 Å². The van der Waals surface area contributed by atoms with Gasteiger partial charge in [0.25, 0.3) is 0 Å². The molecule has 2 rings (SSSR count). The molecule has 0 amide bonds. The molecule has 1 N–H and O–H groups in total.